The van der Waals surface area contributed by atoms with Gasteiger partial charge in [0.25, 0.3) is 0 Å². The van der Waals surface area contributed by atoms with Gasteiger partial charge in [0.1, 0.15) is 17.4 Å². The Bertz CT molecular complexity index is 1280. The number of aliphatic hydroxyl groups is 1. The number of aromatic nitrogens is 1. The number of hydrogen-bond acceptors (Lipinski definition) is 5. The number of pyridine rings is 1. The Morgan fingerprint density at radius 1 is 1.22 bits per heavy atom. The average Bonchev–Trinajstić information content (AvgIpc) is 2.86. The number of benzene rings is 2. The first kappa shape index (κ1) is 25.5. The second-order valence-corrected chi connectivity index (χ2v) is 9.06. The van der Waals surface area contributed by atoms with Crippen LogP contribution in [0.5, 0.6) is 5.75 Å². The molecule has 2 N–H and O–H groups in total. The van der Waals surface area contributed by atoms with Gasteiger partial charge in [-0.25, -0.2) is 8.78 Å². The van der Waals surface area contributed by atoms with E-state index in [1.54, 1.807) is 19.4 Å². The molecular formula is C28H28F2N2O4. The van der Waals surface area contributed by atoms with E-state index in [0.29, 0.717) is 44.6 Å². The minimum atomic E-state index is -0.876. The number of likely N-dealkylation sites (tertiary alicyclic amines) is 1. The van der Waals surface area contributed by atoms with Crippen LogP contribution < -0.4 is 4.74 Å². The minimum absolute atomic E-state index is 0.0821. The van der Waals surface area contributed by atoms with Crippen molar-refractivity contribution in [2.45, 2.75) is 25.4 Å². The SMILES string of the molecule is COc1ccc2nccc([C@H](O)CC[C@@H]3CCN(CC#Cc4cc(F)cc(F)c4)C[C@@H]3C(=O)O)c2c1. The smallest absolute Gasteiger partial charge is 0.308 e. The molecule has 1 aromatic heterocycles. The maximum Gasteiger partial charge on any atom is 0.308 e. The Labute approximate surface area is 208 Å². The average molecular weight is 495 g/mol. The predicted octanol–water partition coefficient (Wildman–Crippen LogP) is 4.41. The molecule has 3 atom stereocenters. The van der Waals surface area contributed by atoms with Crippen molar-refractivity contribution in [2.24, 2.45) is 11.8 Å². The van der Waals surface area contributed by atoms with E-state index in [0.717, 1.165) is 34.7 Å². The van der Waals surface area contributed by atoms with Gasteiger partial charge in [0.05, 0.1) is 31.2 Å². The molecule has 0 amide bonds. The third kappa shape index (κ3) is 6.17. The number of fused-ring (bicyclic) bond motifs is 1. The summed E-state index contributed by atoms with van der Waals surface area (Å²) in [5, 5.41) is 21.6. The van der Waals surface area contributed by atoms with Crippen molar-refractivity contribution in [2.75, 3.05) is 26.7 Å². The Balaban J connectivity index is 1.38. The molecule has 3 aromatic rings. The first-order valence-electron chi connectivity index (χ1n) is 11.8. The summed E-state index contributed by atoms with van der Waals surface area (Å²) in [7, 11) is 1.58. The summed E-state index contributed by atoms with van der Waals surface area (Å²) >= 11 is 0. The second-order valence-electron chi connectivity index (χ2n) is 9.06. The molecular weight excluding hydrogens is 466 g/mol. The Morgan fingerprint density at radius 2 is 2.00 bits per heavy atom. The van der Waals surface area contributed by atoms with Gasteiger partial charge in [-0.1, -0.05) is 11.8 Å². The minimum Gasteiger partial charge on any atom is -0.497 e. The van der Waals surface area contributed by atoms with Crippen molar-refractivity contribution in [3.05, 3.63) is 71.4 Å². The van der Waals surface area contributed by atoms with Crippen molar-refractivity contribution in [1.29, 1.82) is 0 Å². The number of rotatable bonds is 7. The lowest BCUT2D eigenvalue weighted by Crippen LogP contribution is -2.44. The summed E-state index contributed by atoms with van der Waals surface area (Å²) in [6.07, 6.45) is 2.55. The summed E-state index contributed by atoms with van der Waals surface area (Å²) in [5.74, 6) is 3.39. The highest BCUT2D eigenvalue weighted by Crippen LogP contribution is 2.33. The Kier molecular flexibility index (Phi) is 8.14. The molecule has 36 heavy (non-hydrogen) atoms. The van der Waals surface area contributed by atoms with Crippen LogP contribution in [0.1, 0.15) is 36.5 Å². The van der Waals surface area contributed by atoms with Gasteiger partial charge in [0, 0.05) is 29.8 Å². The molecule has 0 spiro atoms. The molecule has 188 valence electrons. The van der Waals surface area contributed by atoms with E-state index in [2.05, 4.69) is 16.8 Å². The van der Waals surface area contributed by atoms with Gasteiger partial charge in [-0.15, -0.1) is 0 Å². The van der Waals surface area contributed by atoms with Crippen LogP contribution in [0.4, 0.5) is 8.78 Å². The van der Waals surface area contributed by atoms with E-state index < -0.39 is 29.6 Å². The molecule has 0 bridgehead atoms. The number of aliphatic hydroxyl groups excluding tert-OH is 1. The van der Waals surface area contributed by atoms with Crippen LogP contribution >= 0.6 is 0 Å². The van der Waals surface area contributed by atoms with Crippen LogP contribution in [0, 0.1) is 35.3 Å². The number of carboxylic acids is 1. The van der Waals surface area contributed by atoms with E-state index in [-0.39, 0.29) is 11.5 Å². The quantitative estimate of drug-likeness (QED) is 0.474. The first-order valence-corrected chi connectivity index (χ1v) is 11.8. The van der Waals surface area contributed by atoms with Crippen LogP contribution in [0.3, 0.4) is 0 Å². The van der Waals surface area contributed by atoms with Gasteiger partial charge in [-0.3, -0.25) is 14.7 Å². The molecule has 2 heterocycles. The molecule has 8 heteroatoms. The monoisotopic (exact) mass is 494 g/mol. The van der Waals surface area contributed by atoms with E-state index in [9.17, 15) is 23.8 Å². The van der Waals surface area contributed by atoms with Gasteiger partial charge in [0.2, 0.25) is 0 Å². The molecule has 6 nitrogen and oxygen atoms in total. The van der Waals surface area contributed by atoms with E-state index >= 15 is 0 Å². The van der Waals surface area contributed by atoms with Crippen LogP contribution in [0.2, 0.25) is 0 Å². The number of methoxy groups -OCH3 is 1. The predicted molar refractivity (Wildman–Crippen MR) is 131 cm³/mol. The van der Waals surface area contributed by atoms with Gasteiger partial charge in [0.15, 0.2) is 0 Å². The number of aliphatic carboxylic acids is 1. The normalized spacial score (nSPS) is 18.9. The van der Waals surface area contributed by atoms with Crippen molar-refractivity contribution in [3.8, 4) is 17.6 Å². The van der Waals surface area contributed by atoms with E-state index in [1.807, 2.05) is 23.1 Å². The second kappa shape index (κ2) is 11.5. The molecule has 1 saturated heterocycles. The molecule has 0 radical (unpaired) electrons. The van der Waals surface area contributed by atoms with E-state index in [1.165, 1.54) is 0 Å². The first-order chi connectivity index (χ1) is 17.3. The summed E-state index contributed by atoms with van der Waals surface area (Å²) in [5.41, 5.74) is 1.74. The van der Waals surface area contributed by atoms with Gasteiger partial charge >= 0.3 is 5.97 Å². The number of piperidine rings is 1. The van der Waals surface area contributed by atoms with Crippen molar-refractivity contribution < 1.29 is 28.5 Å². The molecule has 1 aliphatic heterocycles. The van der Waals surface area contributed by atoms with Crippen molar-refractivity contribution in [1.82, 2.24) is 9.88 Å². The van der Waals surface area contributed by atoms with Crippen molar-refractivity contribution in [3.63, 3.8) is 0 Å². The fourth-order valence-corrected chi connectivity index (χ4v) is 4.81. The summed E-state index contributed by atoms with van der Waals surface area (Å²) in [4.78, 5) is 18.3. The lowest BCUT2D eigenvalue weighted by atomic mass is 9.81. The summed E-state index contributed by atoms with van der Waals surface area (Å²) < 4.78 is 32.0. The fraction of sp³-hybridized carbons (Fsp3) is 0.357. The zero-order valence-electron chi connectivity index (χ0n) is 20.0. The molecule has 2 aromatic carbocycles. The molecule has 0 aliphatic carbocycles. The zero-order chi connectivity index (χ0) is 25.7. The summed E-state index contributed by atoms with van der Waals surface area (Å²) in [6.45, 7) is 1.30. The standard InChI is InChI=1S/C28H28F2N2O4/c1-36-22-5-6-26-24(16-22)23(8-10-31-26)27(33)7-4-19-9-12-32(17-25(19)28(34)35)11-2-3-18-13-20(29)15-21(30)14-18/h5-6,8,10,13-16,19,25,27,33H,4,7,9,11-12,17H2,1H3,(H,34,35)/t19-,25+,27-/m1/s1. The van der Waals surface area contributed by atoms with Crippen LogP contribution in [-0.4, -0.2) is 52.8 Å². The van der Waals surface area contributed by atoms with Crippen LogP contribution in [-0.2, 0) is 4.79 Å². The Hall–Kier alpha value is -3.54. The number of halogens is 2. The number of nitrogens with zero attached hydrogens (tertiary/aromatic N) is 2. The molecule has 1 fully saturated rings. The fourth-order valence-electron chi connectivity index (χ4n) is 4.81. The lowest BCUT2D eigenvalue weighted by Gasteiger charge is -2.36. The molecule has 0 saturated carbocycles. The highest BCUT2D eigenvalue weighted by molar-refractivity contribution is 5.83. The number of carboxylic acid groups (broad SMARTS) is 1. The Morgan fingerprint density at radius 3 is 2.72 bits per heavy atom. The van der Waals surface area contributed by atoms with Gasteiger partial charge in [-0.05, 0) is 73.7 Å². The van der Waals surface area contributed by atoms with Crippen LogP contribution in [0.25, 0.3) is 10.9 Å². The summed E-state index contributed by atoms with van der Waals surface area (Å²) in [6, 6.07) is 10.4. The van der Waals surface area contributed by atoms with Gasteiger partial charge < -0.3 is 14.9 Å². The third-order valence-electron chi connectivity index (χ3n) is 6.71. The zero-order valence-corrected chi connectivity index (χ0v) is 20.0. The highest BCUT2D eigenvalue weighted by atomic mass is 19.1. The topological polar surface area (TPSA) is 82.9 Å². The number of carbonyl (C=O) groups is 1. The number of ether oxygens (including phenoxy) is 1. The third-order valence-corrected chi connectivity index (χ3v) is 6.71. The lowest BCUT2D eigenvalue weighted by molar-refractivity contribution is -0.146. The largest absolute Gasteiger partial charge is 0.497 e. The highest BCUT2D eigenvalue weighted by Gasteiger charge is 2.34. The number of hydrogen-bond donors (Lipinski definition) is 2. The molecule has 1 aliphatic rings. The van der Waals surface area contributed by atoms with Crippen molar-refractivity contribution >= 4 is 16.9 Å². The van der Waals surface area contributed by atoms with E-state index in [4.69, 9.17) is 4.74 Å². The maximum absolute atomic E-state index is 13.3. The molecule has 0 unspecified atom stereocenters. The molecule has 4 rings (SSSR count). The van der Waals surface area contributed by atoms with Crippen LogP contribution in [0.15, 0.2) is 48.7 Å². The maximum atomic E-state index is 13.3. The van der Waals surface area contributed by atoms with Gasteiger partial charge in [-0.2, -0.15) is 0 Å².